The number of fused-ring (bicyclic) bond motifs is 8. The zero-order valence-electron chi connectivity index (χ0n) is 72.5. The normalized spacial score (nSPS) is 11.8. The minimum Gasteiger partial charge on any atom is -0.310 e. The summed E-state index contributed by atoms with van der Waals surface area (Å²) in [5.74, 6) is 0. The van der Waals surface area contributed by atoms with Gasteiger partial charge in [0.15, 0.2) is 0 Å². The van der Waals surface area contributed by atoms with Crippen molar-refractivity contribution >= 4 is 154 Å². The van der Waals surface area contributed by atoms with Crippen LogP contribution in [0.1, 0.15) is 51.3 Å². The molecule has 128 heavy (non-hydrogen) atoms. The molecule has 0 saturated carbocycles. The molecule has 0 aromatic heterocycles. The zero-order chi connectivity index (χ0) is 86.0. The van der Waals surface area contributed by atoms with Crippen molar-refractivity contribution in [3.63, 3.8) is 0 Å². The monoisotopic (exact) mass is 1640 g/mol. The molecule has 0 aliphatic carbocycles. The van der Waals surface area contributed by atoms with E-state index in [0.717, 1.165) is 113 Å². The number of benzene rings is 22. The molecule has 0 bridgehead atoms. The Bertz CT molecular complexity index is 7760. The quantitative estimate of drug-likeness (QED) is 0.0748. The highest BCUT2D eigenvalue weighted by Gasteiger charge is 2.30. The summed E-state index contributed by atoms with van der Waals surface area (Å²) in [6.45, 7) is 11.6. The van der Waals surface area contributed by atoms with E-state index in [-0.39, 0.29) is 10.8 Å². The second-order valence-corrected chi connectivity index (χ2v) is 35.6. The average molecular weight is 1640 g/mol. The number of hydrogen-bond acceptors (Lipinski definition) is 4. The van der Waals surface area contributed by atoms with Gasteiger partial charge < -0.3 is 19.6 Å². The van der Waals surface area contributed by atoms with Crippen molar-refractivity contribution in [2.45, 2.75) is 51.9 Å². The lowest BCUT2D eigenvalue weighted by atomic mass is 9.78. The maximum absolute atomic E-state index is 2.50. The average Bonchev–Trinajstić information content (AvgIpc) is 0.723. The molecule has 0 aliphatic heterocycles. The van der Waals surface area contributed by atoms with Gasteiger partial charge in [0, 0.05) is 67.0 Å². The molecule has 22 aromatic rings. The molecule has 0 aliphatic rings. The lowest BCUT2D eigenvalue weighted by Crippen LogP contribution is -2.20. The van der Waals surface area contributed by atoms with Crippen LogP contribution in [-0.2, 0) is 17.3 Å². The minimum atomic E-state index is -0.274. The topological polar surface area (TPSA) is 13.0 Å². The smallest absolute Gasteiger partial charge is 0.0540 e. The third kappa shape index (κ3) is 14.3. The van der Waals surface area contributed by atoms with Gasteiger partial charge in [-0.15, -0.1) is 0 Å². The minimum absolute atomic E-state index is 0.0187. The van der Waals surface area contributed by atoms with E-state index in [0.29, 0.717) is 0 Å². The lowest BCUT2D eigenvalue weighted by Gasteiger charge is -2.30. The molecule has 0 N–H and O–H groups in total. The summed E-state index contributed by atoms with van der Waals surface area (Å²) < 4.78 is 0. The van der Waals surface area contributed by atoms with E-state index in [2.05, 4.69) is 521 Å². The van der Waals surface area contributed by atoms with E-state index >= 15 is 0 Å². The number of nitrogens with zero attached hydrogens (tertiary/aromatic N) is 4. The molecular formula is C124H94N4. The molecule has 0 saturated heterocycles. The predicted molar refractivity (Wildman–Crippen MR) is 549 cm³/mol. The largest absolute Gasteiger partial charge is 0.310 e. The molecule has 22 aromatic carbocycles. The number of anilines is 12. The number of para-hydroxylation sites is 2. The fraction of sp³-hybridized carbons (Fsp3) is 0.0645. The summed E-state index contributed by atoms with van der Waals surface area (Å²) in [7, 11) is 0. The molecule has 0 atom stereocenters. The molecule has 0 unspecified atom stereocenters. The Balaban J connectivity index is 0.673. The third-order valence-electron chi connectivity index (χ3n) is 26.2. The van der Waals surface area contributed by atoms with Crippen LogP contribution in [0.25, 0.3) is 131 Å². The van der Waals surface area contributed by atoms with Gasteiger partial charge in [-0.05, 0) is 264 Å². The van der Waals surface area contributed by atoms with Crippen LogP contribution in [0.4, 0.5) is 68.2 Å². The molecular weight excluding hydrogens is 1550 g/mol. The van der Waals surface area contributed by atoms with Gasteiger partial charge in [-0.2, -0.15) is 0 Å². The second kappa shape index (κ2) is 32.7. The molecule has 4 nitrogen and oxygen atoms in total. The van der Waals surface area contributed by atoms with Crippen molar-refractivity contribution in [1.29, 1.82) is 0 Å². The highest BCUT2D eigenvalue weighted by Crippen LogP contribution is 2.54. The summed E-state index contributed by atoms with van der Waals surface area (Å²) in [5.41, 5.74) is 26.0. The van der Waals surface area contributed by atoms with Gasteiger partial charge in [-0.3, -0.25) is 0 Å². The van der Waals surface area contributed by atoms with Crippen molar-refractivity contribution in [2.24, 2.45) is 0 Å². The highest BCUT2D eigenvalue weighted by atomic mass is 15.2. The predicted octanol–water partition coefficient (Wildman–Crippen LogP) is 35.3. The van der Waals surface area contributed by atoms with E-state index < -0.39 is 0 Å². The van der Waals surface area contributed by atoms with Crippen LogP contribution in [0, 0.1) is 0 Å². The molecule has 0 amide bonds. The second-order valence-electron chi connectivity index (χ2n) is 35.6. The van der Waals surface area contributed by atoms with Crippen LogP contribution in [0.15, 0.2) is 467 Å². The summed E-state index contributed by atoms with van der Waals surface area (Å²) in [6, 6.07) is 174. The first-order chi connectivity index (χ1) is 62.9. The first-order valence-electron chi connectivity index (χ1n) is 44.6. The molecule has 0 fully saturated rings. The lowest BCUT2D eigenvalue weighted by molar-refractivity contribution is 0.522. The van der Waals surface area contributed by atoms with E-state index in [1.807, 2.05) is 0 Å². The highest BCUT2D eigenvalue weighted by molar-refractivity contribution is 6.25. The Labute approximate surface area is 749 Å². The first kappa shape index (κ1) is 78.1. The van der Waals surface area contributed by atoms with Crippen molar-refractivity contribution in [3.8, 4) is 44.5 Å². The Morgan fingerprint density at radius 1 is 0.172 bits per heavy atom. The molecule has 22 rings (SSSR count). The van der Waals surface area contributed by atoms with Gasteiger partial charge in [0.25, 0.3) is 0 Å². The Hall–Kier alpha value is -15.9. The van der Waals surface area contributed by atoms with Crippen LogP contribution in [0.3, 0.4) is 0 Å². The van der Waals surface area contributed by atoms with Crippen molar-refractivity contribution in [1.82, 2.24) is 0 Å². The van der Waals surface area contributed by atoms with E-state index in [1.165, 1.54) is 109 Å². The summed E-state index contributed by atoms with van der Waals surface area (Å²) >= 11 is 0. The Kier molecular flexibility index (Phi) is 19.9. The maximum Gasteiger partial charge on any atom is 0.0540 e. The standard InChI is InChI=1S/C124H94N4/c1-123(2,3)93-63-67-97(68-64-93)125(95-47-17-9-18-48-95)99-71-75-107-111(79-99)119(89-37-11-6-12-38-89)108-76-72-100(80-112(108)120(107)90-39-13-7-14-40-90)126(96-49-19-10-20-50-96)98-69-65-94(66-70-98)124(4,5)83-84-59-61-92(62-60-84)122-110-78-74-101(127(115-55-29-43-85-33-21-25-51-103(85)115)116-56-30-44-86-34-22-26-52-104(86)116)81-113(110)121(91-41-15-8-16-42-91)109-77-73-102(82-114(109)122)128(117-57-31-45-87-35-23-27-53-105(87)117)118-58-32-46-88-36-24-28-54-106(88)118/h6-82H,83H2,1-5H3. The fourth-order valence-electron chi connectivity index (χ4n) is 20.1. The van der Waals surface area contributed by atoms with Crippen LogP contribution in [-0.4, -0.2) is 0 Å². The van der Waals surface area contributed by atoms with Gasteiger partial charge >= 0.3 is 0 Å². The SMILES string of the molecule is CC(C)(C)c1ccc(N(c2ccccc2)c2ccc3c(-c4ccccc4)c4cc(N(c5ccccc5)c5ccc(C(C)(C)Cc6ccc(-c7c8ccc(N(c9cccc%10ccccc9%10)c9cccc%10ccccc9%10)cc8c(-c8ccccc8)c8ccc(N(c9cccc%10ccccc9%10)c9cccc%10ccccc9%10)cc78)cc6)cc5)ccc4c(-c4ccccc4)c3c2)cc1. The third-order valence-corrected chi connectivity index (χ3v) is 26.2. The Morgan fingerprint density at radius 2 is 0.414 bits per heavy atom. The number of rotatable bonds is 19. The van der Waals surface area contributed by atoms with Crippen LogP contribution in [0.2, 0.25) is 0 Å². The molecule has 0 spiro atoms. The molecule has 0 radical (unpaired) electrons. The van der Waals surface area contributed by atoms with E-state index in [9.17, 15) is 0 Å². The van der Waals surface area contributed by atoms with E-state index in [4.69, 9.17) is 0 Å². The molecule has 0 heterocycles. The van der Waals surface area contributed by atoms with Gasteiger partial charge in [-0.1, -0.05) is 380 Å². The van der Waals surface area contributed by atoms with Gasteiger partial charge in [0.2, 0.25) is 0 Å². The molecule has 4 heteroatoms. The maximum atomic E-state index is 2.50. The summed E-state index contributed by atoms with van der Waals surface area (Å²) in [5, 5.41) is 18.8. The fourth-order valence-corrected chi connectivity index (χ4v) is 20.1. The summed E-state index contributed by atoms with van der Waals surface area (Å²) in [6.07, 6.45) is 0.807. The van der Waals surface area contributed by atoms with Gasteiger partial charge in [0.05, 0.1) is 22.7 Å². The zero-order valence-corrected chi connectivity index (χ0v) is 72.5. The van der Waals surface area contributed by atoms with Crippen molar-refractivity contribution in [3.05, 3.63) is 484 Å². The van der Waals surface area contributed by atoms with Crippen LogP contribution >= 0.6 is 0 Å². The number of hydrogen-bond donors (Lipinski definition) is 0. The molecule has 610 valence electrons. The van der Waals surface area contributed by atoms with Crippen molar-refractivity contribution < 1.29 is 0 Å². The van der Waals surface area contributed by atoms with Gasteiger partial charge in [-0.25, -0.2) is 0 Å². The Morgan fingerprint density at radius 3 is 0.719 bits per heavy atom. The first-order valence-corrected chi connectivity index (χ1v) is 44.6. The van der Waals surface area contributed by atoms with Crippen molar-refractivity contribution in [2.75, 3.05) is 19.6 Å². The van der Waals surface area contributed by atoms with Crippen LogP contribution < -0.4 is 19.6 Å². The van der Waals surface area contributed by atoms with Gasteiger partial charge in [0.1, 0.15) is 0 Å². The van der Waals surface area contributed by atoms with Crippen LogP contribution in [0.5, 0.6) is 0 Å². The van der Waals surface area contributed by atoms with E-state index in [1.54, 1.807) is 0 Å². The summed E-state index contributed by atoms with van der Waals surface area (Å²) in [4.78, 5) is 9.84.